The molecule has 2 aromatic carbocycles. The van der Waals surface area contributed by atoms with E-state index in [0.29, 0.717) is 30.0 Å². The lowest BCUT2D eigenvalue weighted by Gasteiger charge is -2.14. The number of rotatable bonds is 8. The van der Waals surface area contributed by atoms with Gasteiger partial charge in [0.1, 0.15) is 11.3 Å². The number of aromatic amines is 1. The van der Waals surface area contributed by atoms with Crippen molar-refractivity contribution in [3.05, 3.63) is 76.5 Å². The molecular weight excluding hydrogens is 378 g/mol. The molecule has 2 heterocycles. The molecule has 3 aromatic rings. The van der Waals surface area contributed by atoms with E-state index in [2.05, 4.69) is 44.7 Å². The summed E-state index contributed by atoms with van der Waals surface area (Å²) in [6.45, 7) is 3.81. The summed E-state index contributed by atoms with van der Waals surface area (Å²) in [6.07, 6.45) is 3.13. The predicted molar refractivity (Wildman–Crippen MR) is 116 cm³/mol. The zero-order valence-electron chi connectivity index (χ0n) is 16.9. The molecular formula is C23H27N5O2. The summed E-state index contributed by atoms with van der Waals surface area (Å²) >= 11 is 0. The fraction of sp³-hybridized carbons (Fsp3) is 0.304. The van der Waals surface area contributed by atoms with E-state index in [-0.39, 0.29) is 5.75 Å². The molecule has 4 rings (SSSR count). The summed E-state index contributed by atoms with van der Waals surface area (Å²) in [5, 5.41) is 19.8. The fourth-order valence-corrected chi connectivity index (χ4v) is 3.86. The van der Waals surface area contributed by atoms with Crippen molar-refractivity contribution in [2.24, 2.45) is 5.73 Å². The topological polar surface area (TPSA) is 107 Å². The Morgan fingerprint density at radius 1 is 1.03 bits per heavy atom. The highest BCUT2D eigenvalue weighted by atomic mass is 16.3. The number of carbonyl (C=O) groups excluding carboxylic acids is 1. The largest absolute Gasteiger partial charge is 0.508 e. The SMILES string of the molecule is NC(=O)c1c(NCc2ccc(O)cc2)n[nH]c1Cc1ccc(CN2CCCC2)cc1. The van der Waals surface area contributed by atoms with Crippen LogP contribution in [-0.4, -0.2) is 39.2 Å². The van der Waals surface area contributed by atoms with E-state index in [1.165, 1.54) is 31.5 Å². The van der Waals surface area contributed by atoms with Gasteiger partial charge in [-0.25, -0.2) is 0 Å². The highest BCUT2D eigenvalue weighted by Gasteiger charge is 2.18. The first kappa shape index (κ1) is 20.0. The summed E-state index contributed by atoms with van der Waals surface area (Å²) in [5.74, 6) is 0.138. The van der Waals surface area contributed by atoms with Crippen LogP contribution in [0.5, 0.6) is 5.75 Å². The number of nitrogens with zero attached hydrogens (tertiary/aromatic N) is 2. The van der Waals surface area contributed by atoms with Crippen LogP contribution in [0.3, 0.4) is 0 Å². The highest BCUT2D eigenvalue weighted by molar-refractivity contribution is 5.98. The first-order chi connectivity index (χ1) is 14.6. The minimum absolute atomic E-state index is 0.213. The zero-order chi connectivity index (χ0) is 20.9. The number of primary amides is 1. The Kier molecular flexibility index (Phi) is 5.99. The van der Waals surface area contributed by atoms with Gasteiger partial charge in [0.2, 0.25) is 0 Å². The maximum absolute atomic E-state index is 12.1. The van der Waals surface area contributed by atoms with Crippen LogP contribution < -0.4 is 11.1 Å². The van der Waals surface area contributed by atoms with Crippen LogP contribution in [0, 0.1) is 0 Å². The molecule has 1 fully saturated rings. The molecule has 0 atom stereocenters. The van der Waals surface area contributed by atoms with E-state index in [9.17, 15) is 9.90 Å². The van der Waals surface area contributed by atoms with Crippen molar-refractivity contribution in [2.75, 3.05) is 18.4 Å². The van der Waals surface area contributed by atoms with E-state index in [4.69, 9.17) is 5.73 Å². The fourth-order valence-electron chi connectivity index (χ4n) is 3.86. The number of anilines is 1. The van der Waals surface area contributed by atoms with Gasteiger partial charge in [-0.3, -0.25) is 14.8 Å². The van der Waals surface area contributed by atoms with Crippen molar-refractivity contribution in [1.29, 1.82) is 0 Å². The molecule has 1 aliphatic rings. The lowest BCUT2D eigenvalue weighted by Crippen LogP contribution is -2.18. The second-order valence-electron chi connectivity index (χ2n) is 7.79. The van der Waals surface area contributed by atoms with E-state index in [1.807, 2.05) is 12.1 Å². The Labute approximate surface area is 175 Å². The van der Waals surface area contributed by atoms with Gasteiger partial charge in [0.15, 0.2) is 5.82 Å². The van der Waals surface area contributed by atoms with Crippen LogP contribution >= 0.6 is 0 Å². The molecule has 7 nitrogen and oxygen atoms in total. The molecule has 156 valence electrons. The Bertz CT molecular complexity index is 989. The van der Waals surface area contributed by atoms with Crippen LogP contribution in [0.15, 0.2) is 48.5 Å². The van der Waals surface area contributed by atoms with E-state index in [1.54, 1.807) is 12.1 Å². The van der Waals surface area contributed by atoms with Crippen LogP contribution in [0.2, 0.25) is 0 Å². The number of carbonyl (C=O) groups is 1. The first-order valence-electron chi connectivity index (χ1n) is 10.3. The molecule has 7 heteroatoms. The van der Waals surface area contributed by atoms with Crippen LogP contribution in [0.25, 0.3) is 0 Å². The Balaban J connectivity index is 1.43. The van der Waals surface area contributed by atoms with Gasteiger partial charge < -0.3 is 16.2 Å². The second kappa shape index (κ2) is 9.00. The molecule has 1 aromatic heterocycles. The smallest absolute Gasteiger partial charge is 0.254 e. The van der Waals surface area contributed by atoms with E-state index >= 15 is 0 Å². The van der Waals surface area contributed by atoms with Crippen LogP contribution in [-0.2, 0) is 19.5 Å². The number of phenols is 1. The minimum atomic E-state index is -0.516. The normalized spacial score (nSPS) is 14.1. The molecule has 0 aliphatic carbocycles. The third-order valence-corrected chi connectivity index (χ3v) is 5.49. The minimum Gasteiger partial charge on any atom is -0.508 e. The molecule has 0 spiro atoms. The Morgan fingerprint density at radius 3 is 2.33 bits per heavy atom. The number of hydrogen-bond donors (Lipinski definition) is 4. The van der Waals surface area contributed by atoms with Gasteiger partial charge in [0.05, 0.1) is 5.69 Å². The van der Waals surface area contributed by atoms with Crippen molar-refractivity contribution >= 4 is 11.7 Å². The third-order valence-electron chi connectivity index (χ3n) is 5.49. The van der Waals surface area contributed by atoms with Gasteiger partial charge in [-0.2, -0.15) is 5.10 Å². The monoisotopic (exact) mass is 405 g/mol. The number of H-pyrrole nitrogens is 1. The number of nitrogens with one attached hydrogen (secondary N) is 2. The van der Waals surface area contributed by atoms with Crippen molar-refractivity contribution in [1.82, 2.24) is 15.1 Å². The van der Waals surface area contributed by atoms with Gasteiger partial charge in [0, 0.05) is 19.5 Å². The Morgan fingerprint density at radius 2 is 1.67 bits per heavy atom. The molecule has 5 N–H and O–H groups in total. The number of benzene rings is 2. The average Bonchev–Trinajstić information content (AvgIpc) is 3.39. The van der Waals surface area contributed by atoms with Gasteiger partial charge >= 0.3 is 0 Å². The molecule has 0 unspecified atom stereocenters. The van der Waals surface area contributed by atoms with Crippen molar-refractivity contribution < 1.29 is 9.90 Å². The molecule has 1 amide bonds. The maximum atomic E-state index is 12.1. The molecule has 0 saturated carbocycles. The Hall–Kier alpha value is -3.32. The summed E-state index contributed by atoms with van der Waals surface area (Å²) in [4.78, 5) is 14.6. The quantitative estimate of drug-likeness (QED) is 0.461. The third kappa shape index (κ3) is 4.80. The number of phenolic OH excluding ortho intramolecular Hbond substituents is 1. The molecule has 1 saturated heterocycles. The van der Waals surface area contributed by atoms with Crippen molar-refractivity contribution in [3.63, 3.8) is 0 Å². The zero-order valence-corrected chi connectivity index (χ0v) is 16.9. The van der Waals surface area contributed by atoms with Crippen molar-refractivity contribution in [2.45, 2.75) is 32.4 Å². The highest BCUT2D eigenvalue weighted by Crippen LogP contribution is 2.21. The molecule has 30 heavy (non-hydrogen) atoms. The predicted octanol–water partition coefficient (Wildman–Crippen LogP) is 3.01. The average molecular weight is 406 g/mol. The first-order valence-corrected chi connectivity index (χ1v) is 10.3. The van der Waals surface area contributed by atoms with Crippen molar-refractivity contribution in [3.8, 4) is 5.75 Å². The number of aromatic hydroxyl groups is 1. The van der Waals surface area contributed by atoms with Gasteiger partial charge in [0.25, 0.3) is 5.91 Å². The number of nitrogens with two attached hydrogens (primary N) is 1. The van der Waals surface area contributed by atoms with Gasteiger partial charge in [-0.05, 0) is 54.8 Å². The number of hydrogen-bond acceptors (Lipinski definition) is 5. The number of likely N-dealkylation sites (tertiary alicyclic amines) is 1. The second-order valence-corrected chi connectivity index (χ2v) is 7.79. The lowest BCUT2D eigenvalue weighted by atomic mass is 10.0. The standard InChI is InChI=1S/C23H27N5O2/c24-22(30)21-20(26-27-23(21)25-14-17-7-9-19(29)10-8-17)13-16-3-5-18(6-4-16)15-28-11-1-2-12-28/h3-10,29H,1-2,11-15H2,(H2,24,30)(H2,25,26,27). The van der Waals surface area contributed by atoms with Gasteiger partial charge in [-0.15, -0.1) is 0 Å². The lowest BCUT2D eigenvalue weighted by molar-refractivity contribution is 0.100. The number of amides is 1. The molecule has 1 aliphatic heterocycles. The summed E-state index contributed by atoms with van der Waals surface area (Å²) in [5.41, 5.74) is 10.1. The van der Waals surface area contributed by atoms with E-state index in [0.717, 1.165) is 17.7 Å². The molecule has 0 radical (unpaired) electrons. The van der Waals surface area contributed by atoms with E-state index < -0.39 is 5.91 Å². The summed E-state index contributed by atoms with van der Waals surface area (Å²) in [6, 6.07) is 15.4. The molecule has 0 bridgehead atoms. The summed E-state index contributed by atoms with van der Waals surface area (Å²) in [7, 11) is 0. The van der Waals surface area contributed by atoms with Crippen LogP contribution in [0.1, 0.15) is 45.6 Å². The maximum Gasteiger partial charge on any atom is 0.254 e. The van der Waals surface area contributed by atoms with Crippen LogP contribution in [0.4, 0.5) is 5.82 Å². The van der Waals surface area contributed by atoms with Gasteiger partial charge in [-0.1, -0.05) is 36.4 Å². The number of aromatic nitrogens is 2. The summed E-state index contributed by atoms with van der Waals surface area (Å²) < 4.78 is 0.